The molecule has 0 spiro atoms. The van der Waals surface area contributed by atoms with Gasteiger partial charge in [0.05, 0.1) is 13.2 Å². The third-order valence-electron chi connectivity index (χ3n) is 2.92. The van der Waals surface area contributed by atoms with Crippen molar-refractivity contribution in [1.82, 2.24) is 5.32 Å². The van der Waals surface area contributed by atoms with Gasteiger partial charge in [0.15, 0.2) is 0 Å². The lowest BCUT2D eigenvalue weighted by molar-refractivity contribution is -0.123. The summed E-state index contributed by atoms with van der Waals surface area (Å²) in [5, 5.41) is 2.91. The van der Waals surface area contributed by atoms with E-state index < -0.39 is 0 Å². The van der Waals surface area contributed by atoms with Crippen LogP contribution in [0.15, 0.2) is 24.3 Å². The Balaban J connectivity index is 2.30. The van der Waals surface area contributed by atoms with E-state index in [-0.39, 0.29) is 18.0 Å². The highest BCUT2D eigenvalue weighted by molar-refractivity contribution is 5.77. The maximum Gasteiger partial charge on any atom is 0.220 e. The molecular formula is C12H16N2O2. The molecule has 1 amide bonds. The first-order valence-corrected chi connectivity index (χ1v) is 5.40. The highest BCUT2D eigenvalue weighted by Gasteiger charge is 2.28. The maximum atomic E-state index is 11.4. The molecule has 0 saturated carbocycles. The smallest absolute Gasteiger partial charge is 0.220 e. The van der Waals surface area contributed by atoms with Gasteiger partial charge in [-0.15, -0.1) is 0 Å². The van der Waals surface area contributed by atoms with E-state index in [9.17, 15) is 4.79 Å². The molecule has 1 aromatic rings. The van der Waals surface area contributed by atoms with Crippen LogP contribution in [-0.2, 0) is 4.79 Å². The van der Waals surface area contributed by atoms with Gasteiger partial charge in [-0.1, -0.05) is 18.2 Å². The van der Waals surface area contributed by atoms with Crippen LogP contribution in [0.25, 0.3) is 0 Å². The first-order valence-electron chi connectivity index (χ1n) is 5.40. The Morgan fingerprint density at radius 3 is 2.94 bits per heavy atom. The van der Waals surface area contributed by atoms with Gasteiger partial charge in [-0.25, -0.2) is 0 Å². The van der Waals surface area contributed by atoms with Crippen LogP contribution < -0.4 is 15.8 Å². The summed E-state index contributed by atoms with van der Waals surface area (Å²) in [4.78, 5) is 11.4. The molecule has 1 aliphatic heterocycles. The van der Waals surface area contributed by atoms with Crippen LogP contribution in [0.2, 0.25) is 0 Å². The first kappa shape index (κ1) is 11.0. The zero-order chi connectivity index (χ0) is 11.5. The number of piperidine rings is 1. The predicted octanol–water partition coefficient (Wildman–Crippen LogP) is 0.974. The molecule has 1 saturated heterocycles. The molecule has 86 valence electrons. The van der Waals surface area contributed by atoms with Crippen LogP contribution in [0.1, 0.15) is 24.4 Å². The Labute approximate surface area is 94.8 Å². The molecule has 1 heterocycles. The summed E-state index contributed by atoms with van der Waals surface area (Å²) < 4.78 is 5.28. The van der Waals surface area contributed by atoms with E-state index in [1.165, 1.54) is 0 Å². The molecule has 0 aliphatic carbocycles. The van der Waals surface area contributed by atoms with E-state index in [0.717, 1.165) is 11.3 Å². The fraction of sp³-hybridized carbons (Fsp3) is 0.417. The summed E-state index contributed by atoms with van der Waals surface area (Å²) in [6.07, 6.45) is 1.22. The lowest BCUT2D eigenvalue weighted by Crippen LogP contribution is -2.45. The van der Waals surface area contributed by atoms with Gasteiger partial charge in [0.25, 0.3) is 0 Å². The number of carbonyl (C=O) groups is 1. The minimum absolute atomic E-state index is 0.0472. The number of hydrogen-bond donors (Lipinski definition) is 2. The summed E-state index contributed by atoms with van der Waals surface area (Å²) in [6, 6.07) is 7.45. The zero-order valence-electron chi connectivity index (χ0n) is 9.27. The predicted molar refractivity (Wildman–Crippen MR) is 61.1 cm³/mol. The van der Waals surface area contributed by atoms with Gasteiger partial charge in [0, 0.05) is 18.0 Å². The average Bonchev–Trinajstić information content (AvgIpc) is 2.32. The van der Waals surface area contributed by atoms with Crippen molar-refractivity contribution in [1.29, 1.82) is 0 Å². The van der Waals surface area contributed by atoms with Crippen LogP contribution in [0.4, 0.5) is 0 Å². The fourth-order valence-electron chi connectivity index (χ4n) is 2.05. The number of carbonyl (C=O) groups excluding carboxylic acids is 1. The van der Waals surface area contributed by atoms with Crippen LogP contribution in [-0.4, -0.2) is 19.1 Å². The molecule has 0 bridgehead atoms. The zero-order valence-corrected chi connectivity index (χ0v) is 9.27. The maximum absolute atomic E-state index is 11.4. The normalized spacial score (nSPS) is 25.0. The van der Waals surface area contributed by atoms with Gasteiger partial charge in [-0.05, 0) is 12.5 Å². The second-order valence-corrected chi connectivity index (χ2v) is 3.99. The molecule has 3 N–H and O–H groups in total. The number of nitrogens with one attached hydrogen (secondary N) is 1. The molecule has 4 heteroatoms. The lowest BCUT2D eigenvalue weighted by atomic mass is 9.92. The van der Waals surface area contributed by atoms with Crippen LogP contribution in [0.5, 0.6) is 5.75 Å². The van der Waals surface area contributed by atoms with E-state index in [1.807, 2.05) is 24.3 Å². The van der Waals surface area contributed by atoms with Gasteiger partial charge in [-0.3, -0.25) is 4.79 Å². The van der Waals surface area contributed by atoms with E-state index in [4.69, 9.17) is 10.5 Å². The second kappa shape index (κ2) is 4.53. The average molecular weight is 220 g/mol. The number of nitrogens with two attached hydrogens (primary N) is 1. The largest absolute Gasteiger partial charge is 0.496 e. The highest BCUT2D eigenvalue weighted by Crippen LogP contribution is 2.29. The molecule has 2 rings (SSSR count). The monoisotopic (exact) mass is 220 g/mol. The Hall–Kier alpha value is -1.55. The third kappa shape index (κ3) is 2.02. The topological polar surface area (TPSA) is 64.3 Å². The fourth-order valence-corrected chi connectivity index (χ4v) is 2.05. The molecule has 2 atom stereocenters. The van der Waals surface area contributed by atoms with Crippen molar-refractivity contribution in [3.63, 3.8) is 0 Å². The summed E-state index contributed by atoms with van der Waals surface area (Å²) in [5.41, 5.74) is 6.98. The second-order valence-electron chi connectivity index (χ2n) is 3.99. The van der Waals surface area contributed by atoms with E-state index >= 15 is 0 Å². The quantitative estimate of drug-likeness (QED) is 0.780. The number of ether oxygens (including phenoxy) is 1. The number of benzene rings is 1. The Bertz CT molecular complexity index is 392. The molecule has 1 aromatic carbocycles. The third-order valence-corrected chi connectivity index (χ3v) is 2.92. The molecule has 2 unspecified atom stereocenters. The summed E-state index contributed by atoms with van der Waals surface area (Å²) in [7, 11) is 1.62. The Kier molecular flexibility index (Phi) is 3.10. The number of para-hydroxylation sites is 1. The van der Waals surface area contributed by atoms with E-state index in [1.54, 1.807) is 7.11 Å². The SMILES string of the molecule is COc1ccccc1C1NC(=O)CCC1N. The molecule has 4 nitrogen and oxygen atoms in total. The van der Waals surface area contributed by atoms with Crippen molar-refractivity contribution >= 4 is 5.91 Å². The summed E-state index contributed by atoms with van der Waals surface area (Å²) >= 11 is 0. The van der Waals surface area contributed by atoms with Gasteiger partial charge < -0.3 is 15.8 Å². The van der Waals surface area contributed by atoms with Crippen molar-refractivity contribution in [2.24, 2.45) is 5.73 Å². The highest BCUT2D eigenvalue weighted by atomic mass is 16.5. The number of hydrogen-bond acceptors (Lipinski definition) is 3. The lowest BCUT2D eigenvalue weighted by Gasteiger charge is -2.30. The van der Waals surface area contributed by atoms with E-state index in [0.29, 0.717) is 12.8 Å². The van der Waals surface area contributed by atoms with Gasteiger partial charge >= 0.3 is 0 Å². The van der Waals surface area contributed by atoms with Crippen molar-refractivity contribution in [3.05, 3.63) is 29.8 Å². The standard InChI is InChI=1S/C12H16N2O2/c1-16-10-5-3-2-4-8(10)12-9(13)6-7-11(15)14-12/h2-5,9,12H,6-7,13H2,1H3,(H,14,15). The van der Waals surface area contributed by atoms with Crippen molar-refractivity contribution in [3.8, 4) is 5.75 Å². The van der Waals surface area contributed by atoms with Crippen LogP contribution >= 0.6 is 0 Å². The van der Waals surface area contributed by atoms with Gasteiger partial charge in [-0.2, -0.15) is 0 Å². The Morgan fingerprint density at radius 1 is 1.44 bits per heavy atom. The van der Waals surface area contributed by atoms with Crippen molar-refractivity contribution < 1.29 is 9.53 Å². The number of rotatable bonds is 2. The van der Waals surface area contributed by atoms with E-state index in [2.05, 4.69) is 5.32 Å². The molecule has 16 heavy (non-hydrogen) atoms. The number of amides is 1. The van der Waals surface area contributed by atoms with Crippen LogP contribution in [0.3, 0.4) is 0 Å². The Morgan fingerprint density at radius 2 is 2.19 bits per heavy atom. The minimum Gasteiger partial charge on any atom is -0.496 e. The molecule has 1 aliphatic rings. The minimum atomic E-state index is -0.141. The van der Waals surface area contributed by atoms with Gasteiger partial charge in [0.2, 0.25) is 5.91 Å². The molecule has 0 aromatic heterocycles. The van der Waals surface area contributed by atoms with Crippen molar-refractivity contribution in [2.45, 2.75) is 24.9 Å². The summed E-state index contributed by atoms with van der Waals surface area (Å²) in [5.74, 6) is 0.822. The molecule has 1 fully saturated rings. The van der Waals surface area contributed by atoms with Gasteiger partial charge in [0.1, 0.15) is 5.75 Å². The van der Waals surface area contributed by atoms with Crippen LogP contribution in [0, 0.1) is 0 Å². The summed E-state index contributed by atoms with van der Waals surface area (Å²) in [6.45, 7) is 0. The number of methoxy groups -OCH3 is 1. The molecular weight excluding hydrogens is 204 g/mol. The van der Waals surface area contributed by atoms with Crippen molar-refractivity contribution in [2.75, 3.05) is 7.11 Å². The molecule has 0 radical (unpaired) electrons. The first-order chi connectivity index (χ1) is 7.72.